The zero-order valence-corrected chi connectivity index (χ0v) is 11.6. The van der Waals surface area contributed by atoms with Gasteiger partial charge in [-0.05, 0) is 38.8 Å². The molecule has 4 heteroatoms. The monoisotopic (exact) mass is 259 g/mol. The number of hydrogen-bond donors (Lipinski definition) is 1. The SMILES string of the molecule is C=CCN(C(=O)c1cccc(NC(C)C)n1)C1CC1. The number of pyridine rings is 1. The minimum absolute atomic E-state index is 0.00481. The molecular weight excluding hydrogens is 238 g/mol. The van der Waals surface area contributed by atoms with Gasteiger partial charge in [0.25, 0.3) is 5.91 Å². The van der Waals surface area contributed by atoms with E-state index >= 15 is 0 Å². The van der Waals surface area contributed by atoms with Crippen molar-refractivity contribution < 1.29 is 4.79 Å². The summed E-state index contributed by atoms with van der Waals surface area (Å²) >= 11 is 0. The molecule has 1 aromatic heterocycles. The lowest BCUT2D eigenvalue weighted by Gasteiger charge is -2.20. The minimum Gasteiger partial charge on any atom is -0.368 e. The van der Waals surface area contributed by atoms with E-state index in [1.165, 1.54) is 0 Å². The molecule has 19 heavy (non-hydrogen) atoms. The number of nitrogens with one attached hydrogen (secondary N) is 1. The fourth-order valence-corrected chi connectivity index (χ4v) is 2.00. The van der Waals surface area contributed by atoms with Gasteiger partial charge in [0.15, 0.2) is 0 Å². The Hall–Kier alpha value is -1.84. The Morgan fingerprint density at radius 1 is 1.58 bits per heavy atom. The van der Waals surface area contributed by atoms with Crippen LogP contribution in [0.1, 0.15) is 37.2 Å². The molecule has 0 spiro atoms. The first-order chi connectivity index (χ1) is 9.11. The van der Waals surface area contributed by atoms with E-state index in [1.54, 1.807) is 12.1 Å². The van der Waals surface area contributed by atoms with E-state index in [4.69, 9.17) is 0 Å². The third kappa shape index (κ3) is 3.56. The fourth-order valence-electron chi connectivity index (χ4n) is 2.00. The number of amides is 1. The second-order valence-electron chi connectivity index (χ2n) is 5.18. The number of nitrogens with zero attached hydrogens (tertiary/aromatic N) is 2. The summed E-state index contributed by atoms with van der Waals surface area (Å²) in [4.78, 5) is 18.7. The molecule has 1 aliphatic rings. The number of anilines is 1. The number of aromatic nitrogens is 1. The summed E-state index contributed by atoms with van der Waals surface area (Å²) in [5.74, 6) is 0.741. The molecule has 1 amide bonds. The van der Waals surface area contributed by atoms with Gasteiger partial charge in [0.1, 0.15) is 11.5 Å². The molecule has 1 aliphatic carbocycles. The van der Waals surface area contributed by atoms with E-state index in [0.717, 1.165) is 18.7 Å². The highest BCUT2D eigenvalue weighted by molar-refractivity contribution is 5.93. The van der Waals surface area contributed by atoms with Crippen LogP contribution in [0.15, 0.2) is 30.9 Å². The Kier molecular flexibility index (Phi) is 4.20. The molecule has 0 bridgehead atoms. The van der Waals surface area contributed by atoms with Gasteiger partial charge in [0, 0.05) is 18.6 Å². The number of carbonyl (C=O) groups excluding carboxylic acids is 1. The maximum absolute atomic E-state index is 12.4. The first kappa shape index (κ1) is 13.6. The van der Waals surface area contributed by atoms with Gasteiger partial charge >= 0.3 is 0 Å². The predicted molar refractivity (Wildman–Crippen MR) is 77.3 cm³/mol. The highest BCUT2D eigenvalue weighted by Gasteiger charge is 2.32. The second kappa shape index (κ2) is 5.87. The molecule has 0 aromatic carbocycles. The molecule has 1 fully saturated rings. The molecule has 0 radical (unpaired) electrons. The van der Waals surface area contributed by atoms with Gasteiger partial charge in [-0.25, -0.2) is 4.98 Å². The molecule has 1 aromatic rings. The van der Waals surface area contributed by atoms with Crippen molar-refractivity contribution in [1.29, 1.82) is 0 Å². The quantitative estimate of drug-likeness (QED) is 0.799. The summed E-state index contributed by atoms with van der Waals surface area (Å²) < 4.78 is 0. The minimum atomic E-state index is -0.00481. The molecule has 2 rings (SSSR count). The molecule has 0 atom stereocenters. The van der Waals surface area contributed by atoms with Crippen LogP contribution in [0.5, 0.6) is 0 Å². The Labute approximate surface area is 114 Å². The van der Waals surface area contributed by atoms with Crippen LogP contribution in [0.3, 0.4) is 0 Å². The van der Waals surface area contributed by atoms with Gasteiger partial charge in [-0.15, -0.1) is 6.58 Å². The van der Waals surface area contributed by atoms with Gasteiger partial charge in [-0.1, -0.05) is 12.1 Å². The van der Waals surface area contributed by atoms with E-state index in [2.05, 4.69) is 16.9 Å². The van der Waals surface area contributed by atoms with Crippen LogP contribution in [0.2, 0.25) is 0 Å². The third-order valence-electron chi connectivity index (χ3n) is 2.98. The summed E-state index contributed by atoms with van der Waals surface area (Å²) in [6.45, 7) is 8.40. The van der Waals surface area contributed by atoms with Crippen LogP contribution in [0, 0.1) is 0 Å². The Bertz CT molecular complexity index is 466. The van der Waals surface area contributed by atoms with Crippen molar-refractivity contribution in [3.63, 3.8) is 0 Å². The van der Waals surface area contributed by atoms with E-state index < -0.39 is 0 Å². The highest BCUT2D eigenvalue weighted by atomic mass is 16.2. The Balaban J connectivity index is 2.15. The molecule has 1 N–H and O–H groups in total. The average Bonchev–Trinajstić information content (AvgIpc) is 3.19. The van der Waals surface area contributed by atoms with Crippen LogP contribution in [-0.4, -0.2) is 34.4 Å². The van der Waals surface area contributed by atoms with Gasteiger partial charge in [-0.2, -0.15) is 0 Å². The normalized spacial score (nSPS) is 14.3. The average molecular weight is 259 g/mol. The van der Waals surface area contributed by atoms with Gasteiger partial charge in [-0.3, -0.25) is 4.79 Å². The van der Waals surface area contributed by atoms with Crippen molar-refractivity contribution in [3.05, 3.63) is 36.5 Å². The lowest BCUT2D eigenvalue weighted by Crippen LogP contribution is -2.33. The lowest BCUT2D eigenvalue weighted by atomic mass is 10.3. The molecule has 0 unspecified atom stereocenters. The van der Waals surface area contributed by atoms with Gasteiger partial charge in [0.2, 0.25) is 0 Å². The van der Waals surface area contributed by atoms with Crippen molar-refractivity contribution in [1.82, 2.24) is 9.88 Å². The van der Waals surface area contributed by atoms with Gasteiger partial charge < -0.3 is 10.2 Å². The number of hydrogen-bond acceptors (Lipinski definition) is 3. The van der Waals surface area contributed by atoms with Crippen molar-refractivity contribution in [2.24, 2.45) is 0 Å². The van der Waals surface area contributed by atoms with Gasteiger partial charge in [0.05, 0.1) is 0 Å². The van der Waals surface area contributed by atoms with Crippen molar-refractivity contribution in [2.75, 3.05) is 11.9 Å². The Morgan fingerprint density at radius 2 is 2.32 bits per heavy atom. The number of rotatable bonds is 6. The van der Waals surface area contributed by atoms with Crippen LogP contribution >= 0.6 is 0 Å². The summed E-state index contributed by atoms with van der Waals surface area (Å²) in [6, 6.07) is 6.18. The third-order valence-corrected chi connectivity index (χ3v) is 2.98. The first-order valence-electron chi connectivity index (χ1n) is 6.77. The fraction of sp³-hybridized carbons (Fsp3) is 0.467. The van der Waals surface area contributed by atoms with Crippen molar-refractivity contribution in [3.8, 4) is 0 Å². The predicted octanol–water partition coefficient (Wildman–Crippen LogP) is 2.69. The largest absolute Gasteiger partial charge is 0.368 e. The summed E-state index contributed by atoms with van der Waals surface area (Å²) in [7, 11) is 0. The molecule has 0 saturated heterocycles. The molecule has 4 nitrogen and oxygen atoms in total. The highest BCUT2D eigenvalue weighted by Crippen LogP contribution is 2.28. The summed E-state index contributed by atoms with van der Waals surface area (Å²) in [5, 5.41) is 3.21. The maximum Gasteiger partial charge on any atom is 0.273 e. The van der Waals surface area contributed by atoms with Crippen LogP contribution in [0.4, 0.5) is 5.82 Å². The number of carbonyl (C=O) groups is 1. The van der Waals surface area contributed by atoms with E-state index in [9.17, 15) is 4.79 Å². The molecule has 1 saturated carbocycles. The lowest BCUT2D eigenvalue weighted by molar-refractivity contribution is 0.0757. The molecule has 0 aliphatic heterocycles. The topological polar surface area (TPSA) is 45.2 Å². The van der Waals surface area contributed by atoms with Crippen molar-refractivity contribution >= 4 is 11.7 Å². The zero-order chi connectivity index (χ0) is 13.8. The summed E-state index contributed by atoms with van der Waals surface area (Å²) in [6.07, 6.45) is 3.94. The van der Waals surface area contributed by atoms with Crippen LogP contribution in [-0.2, 0) is 0 Å². The van der Waals surface area contributed by atoms with Crippen LogP contribution in [0.25, 0.3) is 0 Å². The van der Waals surface area contributed by atoms with Crippen molar-refractivity contribution in [2.45, 2.75) is 38.8 Å². The van der Waals surface area contributed by atoms with E-state index in [-0.39, 0.29) is 5.91 Å². The molecule has 1 heterocycles. The van der Waals surface area contributed by atoms with Crippen LogP contribution < -0.4 is 5.32 Å². The zero-order valence-electron chi connectivity index (χ0n) is 11.6. The molecular formula is C15H21N3O. The summed E-state index contributed by atoms with van der Waals surface area (Å²) in [5.41, 5.74) is 0.499. The smallest absolute Gasteiger partial charge is 0.273 e. The maximum atomic E-state index is 12.4. The standard InChI is InChI=1S/C15H21N3O/c1-4-10-18(12-8-9-12)15(19)13-6-5-7-14(17-13)16-11(2)3/h4-7,11-12H,1,8-10H2,2-3H3,(H,16,17). The second-order valence-corrected chi connectivity index (χ2v) is 5.18. The first-order valence-corrected chi connectivity index (χ1v) is 6.77. The van der Waals surface area contributed by atoms with E-state index in [1.807, 2.05) is 30.9 Å². The van der Waals surface area contributed by atoms with E-state index in [0.29, 0.717) is 24.3 Å². The molecule has 102 valence electrons. The Morgan fingerprint density at radius 3 is 2.89 bits per heavy atom.